The molecular weight excluding hydrogens is 1320 g/mol. The van der Waals surface area contributed by atoms with Crippen LogP contribution < -0.4 is 4.74 Å². The molecule has 18 atom stereocenters. The van der Waals surface area contributed by atoms with Crippen molar-refractivity contribution >= 4 is 136 Å². The zero-order chi connectivity index (χ0) is 62.3. The minimum absolute atomic E-state index is 0.0223. The first-order valence-corrected chi connectivity index (χ1v) is 54.6. The van der Waals surface area contributed by atoms with Gasteiger partial charge in [-0.25, -0.2) is 0 Å². The van der Waals surface area contributed by atoms with Crippen molar-refractivity contribution in [2.75, 3.05) is 34.5 Å². The molecular formula is C54H101O13P13Si2. The van der Waals surface area contributed by atoms with Gasteiger partial charge in [-0.05, 0) is 121 Å². The largest absolute Gasteiger partial charge is 0.497 e. The number of methoxy groups -OCH3 is 3. The summed E-state index contributed by atoms with van der Waals surface area (Å²) in [6, 6.07) is 27.5. The SMILES string of the molecule is COC(=O)C[C@@H](CC[C@@]1(C)O[C@@H](c2ccccc2)O[C@H]1CO)O[Si](C)(C)C(C)(C)C.COC(=O)C[C@@H](CC[C@@]1(C)O[C@@H](c2ccccc2)O[C@H]1COCc1ccc(OC)cc1)O[Si](C)(C)C(C)(C)C.PP(P)P(P)P.PPP(P)P(P)P. The fourth-order valence-electron chi connectivity index (χ4n) is 7.79. The van der Waals surface area contributed by atoms with E-state index in [4.69, 9.17) is 46.7 Å². The highest BCUT2D eigenvalue weighted by molar-refractivity contribution is 8.98. The summed E-state index contributed by atoms with van der Waals surface area (Å²) >= 11 is 0. The van der Waals surface area contributed by atoms with E-state index in [0.29, 0.717) is 38.9 Å². The first kappa shape index (κ1) is 80.2. The lowest BCUT2D eigenvalue weighted by molar-refractivity contribution is -0.144. The Hall–Kier alpha value is 2.10. The number of ether oxygens (including phenoxy) is 8. The van der Waals surface area contributed by atoms with Crippen molar-refractivity contribution in [1.82, 2.24) is 0 Å². The zero-order valence-corrected chi connectivity index (χ0v) is 67.0. The van der Waals surface area contributed by atoms with Gasteiger partial charge in [-0.15, -0.1) is 71.4 Å². The average molecular weight is 1420 g/mol. The maximum Gasteiger partial charge on any atom is 0.308 e. The number of hydrogen-bond donors (Lipinski definition) is 1. The van der Waals surface area contributed by atoms with Gasteiger partial charge in [0.05, 0.1) is 77.4 Å². The highest BCUT2D eigenvalue weighted by Crippen LogP contribution is 2.92. The van der Waals surface area contributed by atoms with Crippen molar-refractivity contribution < 1.29 is 61.4 Å². The minimum atomic E-state index is -2.11. The molecule has 0 spiro atoms. The number of aliphatic hydroxyl groups excluding tert-OH is 1. The Balaban J connectivity index is 0.000000469. The molecule has 0 amide bonds. The highest BCUT2D eigenvalue weighted by Gasteiger charge is 2.49. The highest BCUT2D eigenvalue weighted by atomic mass is 33.0. The van der Waals surface area contributed by atoms with Gasteiger partial charge in [-0.3, -0.25) is 9.59 Å². The maximum atomic E-state index is 12.3. The van der Waals surface area contributed by atoms with Crippen LogP contribution in [-0.4, -0.2) is 104 Å². The Kier molecular flexibility index (Phi) is 38.0. The summed E-state index contributed by atoms with van der Waals surface area (Å²) in [5.74, 6) is 0.258. The fraction of sp³-hybridized carbons (Fsp3) is 0.630. The van der Waals surface area contributed by atoms with Crippen molar-refractivity contribution in [3.05, 3.63) is 102 Å². The molecule has 0 saturated carbocycles. The van der Waals surface area contributed by atoms with Crippen LogP contribution in [0.3, 0.4) is 0 Å². The van der Waals surface area contributed by atoms with Crippen molar-refractivity contribution in [3.63, 3.8) is 0 Å². The Labute approximate surface area is 520 Å². The van der Waals surface area contributed by atoms with Crippen LogP contribution in [0.25, 0.3) is 0 Å². The first-order chi connectivity index (χ1) is 38.1. The molecule has 2 aliphatic rings. The van der Waals surface area contributed by atoms with E-state index in [0.717, 1.165) is 30.4 Å². The van der Waals surface area contributed by atoms with E-state index in [1.807, 2.05) is 91.9 Å². The Morgan fingerprint density at radius 3 is 1.34 bits per heavy atom. The molecule has 0 aliphatic carbocycles. The smallest absolute Gasteiger partial charge is 0.308 e. The predicted molar refractivity (Wildman–Crippen MR) is 386 cm³/mol. The molecule has 2 saturated heterocycles. The number of benzene rings is 3. The van der Waals surface area contributed by atoms with Crippen LogP contribution >= 0.6 is 107 Å². The van der Waals surface area contributed by atoms with E-state index in [2.05, 4.69) is 146 Å². The molecule has 2 fully saturated rings. The van der Waals surface area contributed by atoms with E-state index in [1.54, 1.807) is 7.11 Å². The summed E-state index contributed by atoms with van der Waals surface area (Å²) in [5.41, 5.74) is 1.62. The van der Waals surface area contributed by atoms with E-state index in [1.165, 1.54) is 14.2 Å². The second kappa shape index (κ2) is 38.8. The average Bonchev–Trinajstić information content (AvgIpc) is 4.20. The second-order valence-corrected chi connectivity index (χ2v) is 74.9. The molecule has 0 aromatic heterocycles. The summed E-state index contributed by atoms with van der Waals surface area (Å²) in [4.78, 5) is 24.3. The van der Waals surface area contributed by atoms with Crippen LogP contribution in [-0.2, 0) is 58.2 Å². The number of carbonyl (C=O) groups is 2. The van der Waals surface area contributed by atoms with Crippen molar-refractivity contribution in [2.45, 2.75) is 185 Å². The Bertz CT molecular complexity index is 2270. The monoisotopic (exact) mass is 1420 g/mol. The molecule has 468 valence electrons. The molecule has 2 aliphatic heterocycles. The van der Waals surface area contributed by atoms with Crippen molar-refractivity contribution in [1.29, 1.82) is 0 Å². The number of carbonyl (C=O) groups excluding carboxylic acids is 2. The van der Waals surface area contributed by atoms with Crippen LogP contribution in [0.5, 0.6) is 5.75 Å². The minimum Gasteiger partial charge on any atom is -0.497 e. The molecule has 3 aromatic carbocycles. The van der Waals surface area contributed by atoms with Gasteiger partial charge < -0.3 is 51.9 Å². The van der Waals surface area contributed by atoms with Gasteiger partial charge in [0.15, 0.2) is 29.2 Å². The van der Waals surface area contributed by atoms with E-state index in [9.17, 15) is 14.7 Å². The van der Waals surface area contributed by atoms with Gasteiger partial charge in [0, 0.05) is 11.1 Å². The van der Waals surface area contributed by atoms with Crippen LogP contribution in [0.2, 0.25) is 36.3 Å². The van der Waals surface area contributed by atoms with Gasteiger partial charge in [-0.2, -0.15) is 0 Å². The van der Waals surface area contributed by atoms with E-state index in [-0.39, 0.29) is 87.7 Å². The van der Waals surface area contributed by atoms with Crippen molar-refractivity contribution in [2.24, 2.45) is 0 Å². The lowest BCUT2D eigenvalue weighted by Gasteiger charge is -2.40. The lowest BCUT2D eigenvalue weighted by Crippen LogP contribution is -2.46. The predicted octanol–water partition coefficient (Wildman–Crippen LogP) is 18.0. The maximum absolute atomic E-state index is 12.3. The number of esters is 2. The van der Waals surface area contributed by atoms with Gasteiger partial charge in [0.25, 0.3) is 0 Å². The molecule has 3 aromatic rings. The zero-order valence-electron chi connectivity index (χ0n) is 51.2. The normalized spacial score (nSPS) is 22.4. The second-order valence-electron chi connectivity index (χ2n) is 23.4. The lowest BCUT2D eigenvalue weighted by atomic mass is 9.91. The number of hydrogen-bond acceptors (Lipinski definition) is 13. The molecule has 28 heteroatoms. The Morgan fingerprint density at radius 2 is 1.02 bits per heavy atom. The van der Waals surface area contributed by atoms with E-state index >= 15 is 0 Å². The standard InChI is InChI=1S/C31H46O7Si.C23H38O6Si.H9P7.H8P6/c1-30(2,3)39(7,8)38-26(20-28(32)34-6)18-19-31(4)27(36-29(37-31)24-12-10-9-11-13-24)22-35-21-23-14-16-25(33-5)17-15-23;1-22(2,3)30(6,7)29-18(15-20(25)26-5)13-14-23(4)19(16-24)27-21(28-23)17-11-9-8-10-12-17;1-5-7(4)6(2)3;1-5(2)6(3)4/h9-17,26-27,29H,18-22H2,1-8H3;8-12,18-19,21,24H,13-16H2,1-7H3;5H,1-4H2;1-4H2/t26-,27+,29+,31-;18-,19+,21+,23-;;/m11../s1. The topological polar surface area (TPSA) is 147 Å². The number of rotatable bonds is 25. The first-order valence-electron chi connectivity index (χ1n) is 27.1. The molecule has 2 heterocycles. The molecule has 82 heavy (non-hydrogen) atoms. The van der Waals surface area contributed by atoms with Crippen LogP contribution in [0, 0.1) is 0 Å². The fourth-order valence-corrected chi connectivity index (χ4v) is 26.7. The molecule has 5 rings (SSSR count). The summed E-state index contributed by atoms with van der Waals surface area (Å²) < 4.78 is 59.8. The van der Waals surface area contributed by atoms with Crippen LogP contribution in [0.4, 0.5) is 0 Å². The molecule has 13 nitrogen and oxygen atoms in total. The number of aliphatic hydroxyl groups is 1. The third-order valence-electron chi connectivity index (χ3n) is 15.0. The van der Waals surface area contributed by atoms with Gasteiger partial charge in [-0.1, -0.05) is 122 Å². The molecule has 1 N–H and O–H groups in total. The van der Waals surface area contributed by atoms with Crippen LogP contribution in [0.1, 0.15) is 123 Å². The molecule has 0 bridgehead atoms. The summed E-state index contributed by atoms with van der Waals surface area (Å²) in [7, 11) is 23.9. The van der Waals surface area contributed by atoms with Gasteiger partial charge in [0.2, 0.25) is 0 Å². The third-order valence-corrected chi connectivity index (χ3v) is 75.9. The summed E-state index contributed by atoms with van der Waals surface area (Å²) in [6.45, 7) is 27.4. The Morgan fingerprint density at radius 1 is 0.634 bits per heavy atom. The third kappa shape index (κ3) is 28.3. The van der Waals surface area contributed by atoms with Crippen molar-refractivity contribution in [3.8, 4) is 5.75 Å². The summed E-state index contributed by atoms with van der Waals surface area (Å²) in [5, 5.41) is 9.96. The van der Waals surface area contributed by atoms with Crippen LogP contribution in [0.15, 0.2) is 84.9 Å². The molecule has 10 unspecified atom stereocenters. The summed E-state index contributed by atoms with van der Waals surface area (Å²) in [6.07, 6.45) is 0.594. The van der Waals surface area contributed by atoms with E-state index < -0.39 is 46.5 Å². The van der Waals surface area contributed by atoms with Gasteiger partial charge in [0.1, 0.15) is 18.0 Å². The quantitative estimate of drug-likeness (QED) is 0.0488. The van der Waals surface area contributed by atoms with Gasteiger partial charge >= 0.3 is 11.9 Å². The molecule has 0 radical (unpaired) electrons.